The van der Waals surface area contributed by atoms with E-state index in [4.69, 9.17) is 52.1 Å². The minimum absolute atomic E-state index is 0.518. The molecule has 0 bridgehead atoms. The van der Waals surface area contributed by atoms with Crippen molar-refractivity contribution in [1.82, 2.24) is 0 Å². The maximum Gasteiger partial charge on any atom is 0.126 e. The molecular formula is C70H78O11. The molecule has 0 aliphatic heterocycles. The molecule has 0 saturated carbocycles. The van der Waals surface area contributed by atoms with Crippen LogP contribution in [-0.4, -0.2) is 66.1 Å². The summed E-state index contributed by atoms with van der Waals surface area (Å²) in [6.45, 7) is 28.8. The largest absolute Gasteiger partial charge is 0.499 e. The van der Waals surface area contributed by atoms with Crippen molar-refractivity contribution in [3.8, 4) is 39.9 Å². The average Bonchev–Trinajstić information content (AvgIpc) is 3.52. The molecule has 0 heterocycles. The highest BCUT2D eigenvalue weighted by molar-refractivity contribution is 5.83. The highest BCUT2D eigenvalue weighted by Gasteiger charge is 2.00. The monoisotopic (exact) mass is 1090 g/mol. The van der Waals surface area contributed by atoms with Crippen molar-refractivity contribution in [1.29, 1.82) is 0 Å². The Bertz CT molecular complexity index is 2830. The Labute approximate surface area is 480 Å². The number of fused-ring (bicyclic) bond motifs is 1. The molecule has 81 heavy (non-hydrogen) atoms. The van der Waals surface area contributed by atoms with Gasteiger partial charge in [-0.15, -0.1) is 0 Å². The van der Waals surface area contributed by atoms with E-state index in [1.807, 2.05) is 177 Å². The average molecular weight is 1100 g/mol. The molecule has 11 nitrogen and oxygen atoms in total. The highest BCUT2D eigenvalue weighted by Crippen LogP contribution is 2.23. The van der Waals surface area contributed by atoms with Gasteiger partial charge in [-0.3, -0.25) is 0 Å². The first-order valence-corrected chi connectivity index (χ1v) is 26.3. The number of aryl methyl sites for hydroxylation is 1. The highest BCUT2D eigenvalue weighted by atomic mass is 16.5. The summed E-state index contributed by atoms with van der Waals surface area (Å²) in [6.07, 6.45) is 8.50. The molecule has 0 amide bonds. The van der Waals surface area contributed by atoms with Gasteiger partial charge < -0.3 is 52.1 Å². The van der Waals surface area contributed by atoms with Crippen LogP contribution in [0.3, 0.4) is 0 Å². The van der Waals surface area contributed by atoms with Gasteiger partial charge in [-0.05, 0) is 95.1 Å². The van der Waals surface area contributed by atoms with E-state index in [0.29, 0.717) is 72.7 Å². The fourth-order valence-electron chi connectivity index (χ4n) is 6.50. The predicted molar refractivity (Wildman–Crippen MR) is 330 cm³/mol. The first-order valence-electron chi connectivity index (χ1n) is 26.3. The third-order valence-corrected chi connectivity index (χ3v) is 10.3. The van der Waals surface area contributed by atoms with Gasteiger partial charge in [0.15, 0.2) is 0 Å². The predicted octanol–water partition coefficient (Wildman–Crippen LogP) is 16.6. The summed E-state index contributed by atoms with van der Waals surface area (Å²) in [4.78, 5) is 0. The summed E-state index contributed by atoms with van der Waals surface area (Å²) in [6, 6.07) is 69.7. The van der Waals surface area contributed by atoms with E-state index in [2.05, 4.69) is 81.9 Å². The summed E-state index contributed by atoms with van der Waals surface area (Å²) in [5.74, 6) is 4.28. The van der Waals surface area contributed by atoms with Gasteiger partial charge in [0, 0.05) is 0 Å². The van der Waals surface area contributed by atoms with Crippen LogP contribution in [0.4, 0.5) is 0 Å². The van der Waals surface area contributed by atoms with Crippen LogP contribution in [0.25, 0.3) is 21.9 Å². The molecule has 0 unspecified atom stereocenters. The second-order valence-electron chi connectivity index (χ2n) is 16.2. The topological polar surface area (TPSA) is 102 Å². The third kappa shape index (κ3) is 32.7. The minimum atomic E-state index is 0.518. The van der Waals surface area contributed by atoms with Crippen LogP contribution in [-0.2, 0) is 35.0 Å². The number of benzene rings is 8. The molecule has 0 spiro atoms. The van der Waals surface area contributed by atoms with Gasteiger partial charge in [0.25, 0.3) is 0 Å². The Kier molecular flexibility index (Phi) is 36.9. The Balaban J connectivity index is 0.000000258. The summed E-state index contributed by atoms with van der Waals surface area (Å²) in [5.41, 5.74) is 4.81. The molecule has 0 N–H and O–H groups in total. The lowest BCUT2D eigenvalue weighted by molar-refractivity contribution is 0.0750. The summed E-state index contributed by atoms with van der Waals surface area (Å²) < 4.78 is 56.8. The zero-order valence-corrected chi connectivity index (χ0v) is 46.7. The van der Waals surface area contributed by atoms with Crippen LogP contribution >= 0.6 is 0 Å². The lowest BCUT2D eigenvalue weighted by Gasteiger charge is -2.07. The molecule has 8 aromatic carbocycles. The van der Waals surface area contributed by atoms with Gasteiger partial charge in [-0.25, -0.2) is 0 Å². The smallest absolute Gasteiger partial charge is 0.126 e. The Morgan fingerprint density at radius 1 is 0.296 bits per heavy atom. The number of hydrogen-bond acceptors (Lipinski definition) is 11. The molecule has 11 heteroatoms. The molecule has 0 aliphatic rings. The molecule has 8 rings (SSSR count). The van der Waals surface area contributed by atoms with E-state index in [0.717, 1.165) is 28.7 Å². The van der Waals surface area contributed by atoms with Crippen molar-refractivity contribution in [2.45, 2.75) is 13.5 Å². The maximum atomic E-state index is 5.54. The van der Waals surface area contributed by atoms with Crippen LogP contribution in [0.1, 0.15) is 11.1 Å². The molecule has 0 saturated heterocycles. The number of ether oxygens (including phenoxy) is 11. The van der Waals surface area contributed by atoms with Gasteiger partial charge in [0.05, 0.1) is 50.8 Å². The third-order valence-electron chi connectivity index (χ3n) is 10.3. The Morgan fingerprint density at radius 2 is 0.654 bits per heavy atom. The molecule has 0 atom stereocenters. The van der Waals surface area contributed by atoms with Crippen molar-refractivity contribution in [2.24, 2.45) is 0 Å². The lowest BCUT2D eigenvalue weighted by atomic mass is 10.1. The first-order chi connectivity index (χ1) is 39.9. The Hall–Kier alpha value is -9.58. The molecule has 0 aliphatic carbocycles. The summed E-state index contributed by atoms with van der Waals surface area (Å²) in [5, 5.41) is 2.40. The molecule has 0 fully saturated rings. The molecule has 8 aromatic rings. The van der Waals surface area contributed by atoms with Crippen LogP contribution in [0.5, 0.6) is 28.7 Å². The minimum Gasteiger partial charge on any atom is -0.499 e. The van der Waals surface area contributed by atoms with Crippen LogP contribution < -0.4 is 23.7 Å². The van der Waals surface area contributed by atoms with Crippen LogP contribution in [0, 0.1) is 6.92 Å². The van der Waals surface area contributed by atoms with E-state index in [9.17, 15) is 0 Å². The standard InChI is InChI=1S/C16H16O2.C14H14O2.2C11H14O2.C10H12O2.C8H8O/c1-2-17-12-13-18-16-10-8-15(9-11-16)14-6-4-3-5-7-14;1-2-15-9-10-16-14-8-7-12-5-3-4-6-13(12)11-14;1-3-12-8-9-13-11-6-4-10(2)5-7-11;1-2-12-8-9-13-10-11-6-4-3-5-7-11;1-2-11-8-9-12-10-6-4-3-5-7-10;1-2-9-8-6-4-3-5-7-8/h2-11H,1,12-13H2;2-8,11H,1,9-10H2;3-7H,1,8-9H2,2H3;2-7H,1,8-10H2;2-7H,1,8-9H2;2-7H,1H2. The zero-order valence-electron chi connectivity index (χ0n) is 46.7. The second-order valence-corrected chi connectivity index (χ2v) is 16.2. The van der Waals surface area contributed by atoms with E-state index < -0.39 is 0 Å². The van der Waals surface area contributed by atoms with Crippen molar-refractivity contribution in [2.75, 3.05) is 66.1 Å². The van der Waals surface area contributed by atoms with Crippen molar-refractivity contribution in [3.63, 3.8) is 0 Å². The van der Waals surface area contributed by atoms with E-state index >= 15 is 0 Å². The van der Waals surface area contributed by atoms with Gasteiger partial charge in [0.2, 0.25) is 0 Å². The van der Waals surface area contributed by atoms with Gasteiger partial charge >= 0.3 is 0 Å². The molecule has 424 valence electrons. The summed E-state index contributed by atoms with van der Waals surface area (Å²) >= 11 is 0. The van der Waals surface area contributed by atoms with Gasteiger partial charge in [-0.1, -0.05) is 197 Å². The zero-order chi connectivity index (χ0) is 57.9. The van der Waals surface area contributed by atoms with Crippen LogP contribution in [0.15, 0.2) is 289 Å². The molecule has 0 aromatic heterocycles. The fourth-order valence-corrected chi connectivity index (χ4v) is 6.50. The normalized spacial score (nSPS) is 9.44. The van der Waals surface area contributed by atoms with Gasteiger partial charge in [0.1, 0.15) is 88.2 Å². The van der Waals surface area contributed by atoms with Crippen molar-refractivity contribution < 1.29 is 52.1 Å². The maximum absolute atomic E-state index is 5.54. The molecule has 0 radical (unpaired) electrons. The number of rotatable bonds is 29. The van der Waals surface area contributed by atoms with Crippen LogP contribution in [0.2, 0.25) is 0 Å². The van der Waals surface area contributed by atoms with E-state index in [1.165, 1.54) is 70.6 Å². The van der Waals surface area contributed by atoms with Crippen molar-refractivity contribution in [3.05, 3.63) is 300 Å². The van der Waals surface area contributed by atoms with Gasteiger partial charge in [-0.2, -0.15) is 0 Å². The first kappa shape index (κ1) is 65.7. The summed E-state index contributed by atoms with van der Waals surface area (Å²) in [7, 11) is 0. The second kappa shape index (κ2) is 45.4. The quantitative estimate of drug-likeness (QED) is 0.0331. The Morgan fingerprint density at radius 3 is 1.12 bits per heavy atom. The van der Waals surface area contributed by atoms with E-state index in [1.54, 1.807) is 0 Å². The number of para-hydroxylation sites is 2. The SMILES string of the molecule is C=COCCOCc1ccccc1.C=COCCOc1ccc(-c2ccccc2)cc1.C=COCCOc1ccc(C)cc1.C=COCCOc1ccc2ccccc2c1.C=COCCOc1ccccc1.C=COc1ccccc1. The fraction of sp³-hybridized carbons (Fsp3) is 0.171. The van der Waals surface area contributed by atoms with E-state index in [-0.39, 0.29) is 0 Å². The number of hydrogen-bond donors (Lipinski definition) is 0. The lowest BCUT2D eigenvalue weighted by Crippen LogP contribution is -2.03. The van der Waals surface area contributed by atoms with Crippen molar-refractivity contribution >= 4 is 10.8 Å². The molecular weight excluding hydrogens is 1020 g/mol.